The number of aliphatic hydroxyl groups excluding tert-OH is 1. The molecule has 1 saturated heterocycles. The topological polar surface area (TPSA) is 81.2 Å². The van der Waals surface area contributed by atoms with Crippen molar-refractivity contribution >= 4 is 0 Å². The van der Waals surface area contributed by atoms with E-state index in [1.54, 1.807) is 7.11 Å². The van der Waals surface area contributed by atoms with Crippen LogP contribution in [0.4, 0.5) is 0 Å². The van der Waals surface area contributed by atoms with Crippen LogP contribution in [-0.4, -0.2) is 61.1 Å². The molecule has 2 fully saturated rings. The molecule has 1 saturated carbocycles. The van der Waals surface area contributed by atoms with Crippen molar-refractivity contribution < 1.29 is 9.84 Å². The molecule has 8 heteroatoms. The van der Waals surface area contributed by atoms with Crippen LogP contribution in [-0.2, 0) is 24.4 Å². The van der Waals surface area contributed by atoms with Crippen LogP contribution in [0.2, 0.25) is 0 Å². The van der Waals surface area contributed by atoms with Gasteiger partial charge in [0.1, 0.15) is 5.69 Å². The summed E-state index contributed by atoms with van der Waals surface area (Å²) >= 11 is 0. The van der Waals surface area contributed by atoms with Crippen LogP contribution in [0.3, 0.4) is 0 Å². The number of likely N-dealkylation sites (tertiary alicyclic amines) is 1. The first-order valence-corrected chi connectivity index (χ1v) is 11.0. The van der Waals surface area contributed by atoms with Crippen molar-refractivity contribution in [2.24, 2.45) is 11.8 Å². The van der Waals surface area contributed by atoms with Gasteiger partial charge in [0.2, 0.25) is 0 Å². The molecule has 0 amide bonds. The van der Waals surface area contributed by atoms with Crippen LogP contribution >= 0.6 is 0 Å². The van der Waals surface area contributed by atoms with Crippen LogP contribution < -0.4 is 0 Å². The molecule has 3 aromatic rings. The lowest BCUT2D eigenvalue weighted by Crippen LogP contribution is -2.36. The molecule has 2 aromatic heterocycles. The third-order valence-electron chi connectivity index (χ3n) is 6.65. The summed E-state index contributed by atoms with van der Waals surface area (Å²) in [5.74, 6) is 1.11. The van der Waals surface area contributed by atoms with E-state index in [0.29, 0.717) is 18.4 Å². The van der Waals surface area contributed by atoms with Gasteiger partial charge < -0.3 is 9.84 Å². The molecule has 31 heavy (non-hydrogen) atoms. The van der Waals surface area contributed by atoms with Crippen molar-refractivity contribution in [1.82, 2.24) is 29.7 Å². The molecule has 3 heterocycles. The largest absolute Gasteiger partial charge is 0.391 e. The number of rotatable bonds is 7. The second-order valence-corrected chi connectivity index (χ2v) is 8.98. The lowest BCUT2D eigenvalue weighted by Gasteiger charge is -2.35. The van der Waals surface area contributed by atoms with Crippen LogP contribution in [0.5, 0.6) is 0 Å². The van der Waals surface area contributed by atoms with E-state index >= 15 is 0 Å². The maximum Gasteiger partial charge on any atom is 0.108 e. The molecule has 0 bridgehead atoms. The summed E-state index contributed by atoms with van der Waals surface area (Å²) in [6.45, 7) is 4.23. The number of aliphatic hydroxyl groups is 1. The normalized spacial score (nSPS) is 26.3. The first-order chi connectivity index (χ1) is 15.2. The Morgan fingerprint density at radius 1 is 1.03 bits per heavy atom. The van der Waals surface area contributed by atoms with Gasteiger partial charge in [-0.15, -0.1) is 5.10 Å². The Balaban J connectivity index is 1.19. The zero-order valence-corrected chi connectivity index (χ0v) is 17.9. The van der Waals surface area contributed by atoms with Crippen LogP contribution in [0.1, 0.15) is 35.7 Å². The Morgan fingerprint density at radius 2 is 1.84 bits per heavy atom. The number of fused-ring (bicyclic) bond motifs is 1. The van der Waals surface area contributed by atoms with Crippen molar-refractivity contribution in [3.05, 3.63) is 65.7 Å². The molecule has 8 nitrogen and oxygen atoms in total. The predicted octanol–water partition coefficient (Wildman–Crippen LogP) is 2.11. The number of methoxy groups -OCH3 is 1. The summed E-state index contributed by atoms with van der Waals surface area (Å²) in [5, 5.41) is 23.7. The molecule has 164 valence electrons. The number of aromatic nitrogens is 5. The van der Waals surface area contributed by atoms with Crippen LogP contribution in [0.25, 0.3) is 0 Å². The van der Waals surface area contributed by atoms with Gasteiger partial charge in [-0.2, -0.15) is 5.10 Å². The first-order valence-electron chi connectivity index (χ1n) is 11.0. The number of benzene rings is 1. The van der Waals surface area contributed by atoms with Crippen LogP contribution in [0.15, 0.2) is 48.9 Å². The van der Waals surface area contributed by atoms with E-state index in [-0.39, 0.29) is 12.1 Å². The number of ether oxygens (including phenoxy) is 1. The lowest BCUT2D eigenvalue weighted by molar-refractivity contribution is 0.0298. The maximum atomic E-state index is 10.8. The number of hydrogen-bond acceptors (Lipinski definition) is 6. The van der Waals surface area contributed by atoms with E-state index in [1.165, 1.54) is 11.1 Å². The van der Waals surface area contributed by atoms with E-state index in [2.05, 4.69) is 50.8 Å². The minimum absolute atomic E-state index is 0.00655. The van der Waals surface area contributed by atoms with Gasteiger partial charge in [-0.25, -0.2) is 4.68 Å². The van der Waals surface area contributed by atoms with Gasteiger partial charge in [0.25, 0.3) is 0 Å². The van der Waals surface area contributed by atoms with E-state index in [0.717, 1.165) is 44.7 Å². The highest BCUT2D eigenvalue weighted by molar-refractivity contribution is 5.15. The van der Waals surface area contributed by atoms with E-state index < -0.39 is 0 Å². The minimum atomic E-state index is -0.382. The first kappa shape index (κ1) is 20.4. The Labute approximate surface area is 182 Å². The summed E-state index contributed by atoms with van der Waals surface area (Å²) in [4.78, 5) is 2.51. The molecule has 2 aliphatic rings. The van der Waals surface area contributed by atoms with Crippen molar-refractivity contribution in [1.29, 1.82) is 0 Å². The zero-order chi connectivity index (χ0) is 21.2. The minimum Gasteiger partial charge on any atom is -0.391 e. The summed E-state index contributed by atoms with van der Waals surface area (Å²) in [6, 6.07) is 10.4. The van der Waals surface area contributed by atoms with Crippen molar-refractivity contribution in [3.8, 4) is 0 Å². The number of nitrogens with zero attached hydrogens (tertiary/aromatic N) is 6. The molecule has 1 N–H and O–H groups in total. The highest BCUT2D eigenvalue weighted by Gasteiger charge is 2.42. The third-order valence-corrected chi connectivity index (χ3v) is 6.65. The third kappa shape index (κ3) is 4.56. The van der Waals surface area contributed by atoms with Gasteiger partial charge in [-0.1, -0.05) is 35.5 Å². The fourth-order valence-electron chi connectivity index (χ4n) is 5.21. The Kier molecular flexibility index (Phi) is 5.85. The Hall–Kier alpha value is -2.55. The standard InChI is InChI=1S/C23H30N6O2/c1-31-16-21-15-29(26-25-21)22-7-19-13-27(14-20(19)8-23(22)30)10-18-9-24-28(12-18)11-17-5-3-2-4-6-17/h2-6,9,12,15,19-20,22-23,30H,7-8,10-11,13-14,16H2,1H3/t19-,20+,22-,23-/m1/s1. The van der Waals surface area contributed by atoms with E-state index in [4.69, 9.17) is 4.74 Å². The molecular formula is C23H30N6O2. The molecule has 1 aliphatic carbocycles. The predicted molar refractivity (Wildman–Crippen MR) is 115 cm³/mol. The van der Waals surface area contributed by atoms with Gasteiger partial charge in [-0.05, 0) is 30.2 Å². The van der Waals surface area contributed by atoms with Gasteiger partial charge in [0.05, 0.1) is 37.7 Å². The highest BCUT2D eigenvalue weighted by Crippen LogP contribution is 2.41. The van der Waals surface area contributed by atoms with Gasteiger partial charge in [-0.3, -0.25) is 9.58 Å². The van der Waals surface area contributed by atoms with E-state index in [1.807, 2.05) is 27.8 Å². The summed E-state index contributed by atoms with van der Waals surface area (Å²) < 4.78 is 8.99. The summed E-state index contributed by atoms with van der Waals surface area (Å²) in [5.41, 5.74) is 3.30. The van der Waals surface area contributed by atoms with Gasteiger partial charge in [0, 0.05) is 38.5 Å². The molecule has 1 aromatic carbocycles. The smallest absolute Gasteiger partial charge is 0.108 e. The zero-order valence-electron chi connectivity index (χ0n) is 17.9. The molecular weight excluding hydrogens is 392 g/mol. The van der Waals surface area contributed by atoms with E-state index in [9.17, 15) is 5.11 Å². The molecule has 0 radical (unpaired) electrons. The fourth-order valence-corrected chi connectivity index (χ4v) is 5.21. The Morgan fingerprint density at radius 3 is 2.65 bits per heavy atom. The molecule has 0 spiro atoms. The average Bonchev–Trinajstić information content (AvgIpc) is 3.49. The average molecular weight is 423 g/mol. The monoisotopic (exact) mass is 422 g/mol. The lowest BCUT2D eigenvalue weighted by atomic mass is 9.77. The summed E-state index contributed by atoms with van der Waals surface area (Å²) in [6.07, 6.45) is 7.41. The van der Waals surface area contributed by atoms with Crippen LogP contribution in [0, 0.1) is 11.8 Å². The molecule has 1 aliphatic heterocycles. The highest BCUT2D eigenvalue weighted by atomic mass is 16.5. The van der Waals surface area contributed by atoms with Gasteiger partial charge >= 0.3 is 0 Å². The van der Waals surface area contributed by atoms with Gasteiger partial charge in [0.15, 0.2) is 0 Å². The second-order valence-electron chi connectivity index (χ2n) is 8.98. The SMILES string of the molecule is COCc1cn([C@@H]2C[C@@H]3CN(Cc4cnn(Cc5ccccc5)c4)C[C@@H]3C[C@H]2O)nn1. The number of hydrogen-bond donors (Lipinski definition) is 1. The fraction of sp³-hybridized carbons (Fsp3) is 0.522. The van der Waals surface area contributed by atoms with Crippen molar-refractivity contribution in [2.75, 3.05) is 20.2 Å². The quantitative estimate of drug-likeness (QED) is 0.628. The molecule has 0 unspecified atom stereocenters. The second kappa shape index (κ2) is 8.90. The Bertz CT molecular complexity index is 987. The summed E-state index contributed by atoms with van der Waals surface area (Å²) in [7, 11) is 1.65. The molecule has 4 atom stereocenters. The molecule has 5 rings (SSSR count). The van der Waals surface area contributed by atoms with Crippen molar-refractivity contribution in [2.45, 2.75) is 44.7 Å². The maximum absolute atomic E-state index is 10.8. The van der Waals surface area contributed by atoms with Crippen molar-refractivity contribution in [3.63, 3.8) is 0 Å².